The number of piperidine rings is 1. The van der Waals surface area contributed by atoms with E-state index >= 15 is 0 Å². The minimum absolute atomic E-state index is 0.388. The zero-order valence-electron chi connectivity index (χ0n) is 5.15. The van der Waals surface area contributed by atoms with Gasteiger partial charge in [0.1, 0.15) is 0 Å². The lowest BCUT2D eigenvalue weighted by Crippen LogP contribution is -2.37. The lowest BCUT2D eigenvalue weighted by molar-refractivity contribution is 0.192. The Hall–Kier alpha value is -0.110. The Morgan fingerprint density at radius 1 is 1.50 bits per heavy atom. The Morgan fingerprint density at radius 3 is 2.62 bits per heavy atom. The predicted octanol–water partition coefficient (Wildman–Crippen LogP) is 1.44. The molecule has 1 rings (SSSR count). The molecule has 0 amide bonds. The van der Waals surface area contributed by atoms with Crippen molar-refractivity contribution in [2.45, 2.75) is 38.5 Å². The van der Waals surface area contributed by atoms with Crippen molar-refractivity contribution in [3.63, 3.8) is 0 Å². The number of halogens is 1. The van der Waals surface area contributed by atoms with Gasteiger partial charge in [-0.1, -0.05) is 0 Å². The summed E-state index contributed by atoms with van der Waals surface area (Å²) in [7, 11) is 0. The molecule has 1 aliphatic rings. The number of nitrogens with one attached hydrogen (secondary N) is 1. The third-order valence-electron chi connectivity index (χ3n) is 1.56. The van der Waals surface area contributed by atoms with Gasteiger partial charge in [0.15, 0.2) is 6.30 Å². The molecule has 0 aliphatic carbocycles. The number of alkyl halides is 1. The molecule has 0 aromatic carbocycles. The van der Waals surface area contributed by atoms with Gasteiger partial charge in [-0.05, 0) is 26.2 Å². The van der Waals surface area contributed by atoms with Gasteiger partial charge in [0.05, 0.1) is 0 Å². The van der Waals surface area contributed by atoms with Crippen molar-refractivity contribution in [1.29, 1.82) is 0 Å². The minimum atomic E-state index is -0.737. The maximum Gasteiger partial charge on any atom is 0.151 e. The summed E-state index contributed by atoms with van der Waals surface area (Å²) in [4.78, 5) is 0. The van der Waals surface area contributed by atoms with Crippen molar-refractivity contribution in [1.82, 2.24) is 5.32 Å². The molecule has 8 heavy (non-hydrogen) atoms. The average Bonchev–Trinajstić information content (AvgIpc) is 1.64. The van der Waals surface area contributed by atoms with Gasteiger partial charge in [-0.2, -0.15) is 0 Å². The van der Waals surface area contributed by atoms with Crippen LogP contribution in [-0.2, 0) is 0 Å². The zero-order chi connectivity index (χ0) is 5.98. The van der Waals surface area contributed by atoms with Gasteiger partial charge >= 0.3 is 0 Å². The molecule has 2 unspecified atom stereocenters. The van der Waals surface area contributed by atoms with Crippen molar-refractivity contribution in [2.75, 3.05) is 0 Å². The summed E-state index contributed by atoms with van der Waals surface area (Å²) >= 11 is 0. The molecule has 1 saturated heterocycles. The first-order valence-corrected chi connectivity index (χ1v) is 3.19. The van der Waals surface area contributed by atoms with E-state index in [1.165, 1.54) is 0 Å². The highest BCUT2D eigenvalue weighted by atomic mass is 19.1. The number of hydrogen-bond acceptors (Lipinski definition) is 1. The second-order valence-corrected chi connectivity index (χ2v) is 2.47. The largest absolute Gasteiger partial charge is 0.285 e. The van der Waals surface area contributed by atoms with E-state index in [9.17, 15) is 4.39 Å². The predicted molar refractivity (Wildman–Crippen MR) is 31.3 cm³/mol. The van der Waals surface area contributed by atoms with Gasteiger partial charge < -0.3 is 0 Å². The van der Waals surface area contributed by atoms with Gasteiger partial charge in [-0.25, -0.2) is 4.39 Å². The third-order valence-corrected chi connectivity index (χ3v) is 1.56. The molecule has 2 heteroatoms. The Kier molecular flexibility index (Phi) is 1.84. The van der Waals surface area contributed by atoms with E-state index < -0.39 is 6.30 Å². The fraction of sp³-hybridized carbons (Fsp3) is 1.00. The van der Waals surface area contributed by atoms with Crippen LogP contribution in [0.15, 0.2) is 0 Å². The van der Waals surface area contributed by atoms with Crippen LogP contribution >= 0.6 is 0 Å². The van der Waals surface area contributed by atoms with Crippen LogP contribution in [0.3, 0.4) is 0 Å². The highest BCUT2D eigenvalue weighted by Crippen LogP contribution is 2.11. The molecule has 48 valence electrons. The first-order chi connectivity index (χ1) is 3.79. The zero-order valence-corrected chi connectivity index (χ0v) is 5.15. The molecule has 0 spiro atoms. The van der Waals surface area contributed by atoms with Gasteiger partial charge in [0.25, 0.3) is 0 Å². The van der Waals surface area contributed by atoms with E-state index in [0.717, 1.165) is 12.8 Å². The summed E-state index contributed by atoms with van der Waals surface area (Å²) in [6.07, 6.45) is 2.12. The number of rotatable bonds is 0. The van der Waals surface area contributed by atoms with Crippen LogP contribution in [0.5, 0.6) is 0 Å². The first kappa shape index (κ1) is 6.02. The van der Waals surface area contributed by atoms with Crippen molar-refractivity contribution >= 4 is 0 Å². The van der Waals surface area contributed by atoms with E-state index in [0.29, 0.717) is 12.5 Å². The molecule has 1 fully saturated rings. The molecule has 0 aromatic heterocycles. The monoisotopic (exact) mass is 117 g/mol. The molecular weight excluding hydrogens is 105 g/mol. The van der Waals surface area contributed by atoms with Crippen LogP contribution in [0.2, 0.25) is 0 Å². The van der Waals surface area contributed by atoms with Crippen LogP contribution in [0.25, 0.3) is 0 Å². The molecular formula is C6H12FN. The van der Waals surface area contributed by atoms with Crippen LogP contribution in [0.4, 0.5) is 4.39 Å². The van der Waals surface area contributed by atoms with E-state index in [2.05, 4.69) is 5.32 Å². The van der Waals surface area contributed by atoms with Gasteiger partial charge in [0.2, 0.25) is 0 Å². The molecule has 1 nitrogen and oxygen atoms in total. The molecule has 1 N–H and O–H groups in total. The summed E-state index contributed by atoms with van der Waals surface area (Å²) in [6, 6.07) is 0.388. The summed E-state index contributed by atoms with van der Waals surface area (Å²) in [5, 5.41) is 2.81. The van der Waals surface area contributed by atoms with Crippen molar-refractivity contribution in [2.24, 2.45) is 0 Å². The quantitative estimate of drug-likeness (QED) is 0.473. The second kappa shape index (κ2) is 2.44. The van der Waals surface area contributed by atoms with Gasteiger partial charge in [-0.15, -0.1) is 0 Å². The average molecular weight is 117 g/mol. The Balaban J connectivity index is 2.23. The molecule has 2 atom stereocenters. The maximum atomic E-state index is 12.3. The summed E-state index contributed by atoms with van der Waals surface area (Å²) in [5.74, 6) is 0. The molecule has 0 radical (unpaired) electrons. The van der Waals surface area contributed by atoms with E-state index in [4.69, 9.17) is 0 Å². The maximum absolute atomic E-state index is 12.3. The van der Waals surface area contributed by atoms with Crippen molar-refractivity contribution < 1.29 is 4.39 Å². The number of hydrogen-bond donors (Lipinski definition) is 1. The summed E-state index contributed by atoms with van der Waals surface area (Å²) in [6.45, 7) is 2.02. The Bertz CT molecular complexity index is 66.9. The summed E-state index contributed by atoms with van der Waals surface area (Å²) < 4.78 is 12.3. The van der Waals surface area contributed by atoms with Crippen molar-refractivity contribution in [3.05, 3.63) is 0 Å². The second-order valence-electron chi connectivity index (χ2n) is 2.47. The highest BCUT2D eigenvalue weighted by molar-refractivity contribution is 4.69. The third kappa shape index (κ3) is 1.44. The first-order valence-electron chi connectivity index (χ1n) is 3.19. The lowest BCUT2D eigenvalue weighted by atomic mass is 10.1. The molecule has 1 aliphatic heterocycles. The topological polar surface area (TPSA) is 12.0 Å². The van der Waals surface area contributed by atoms with E-state index in [1.54, 1.807) is 0 Å². The minimum Gasteiger partial charge on any atom is -0.285 e. The molecule has 1 heterocycles. The van der Waals surface area contributed by atoms with Crippen molar-refractivity contribution in [3.8, 4) is 0 Å². The highest BCUT2D eigenvalue weighted by Gasteiger charge is 2.15. The Labute approximate surface area is 49.3 Å². The SMILES string of the molecule is CC1CCCC(F)N1. The summed E-state index contributed by atoms with van der Waals surface area (Å²) in [5.41, 5.74) is 0. The Morgan fingerprint density at radius 2 is 2.25 bits per heavy atom. The molecule has 0 aromatic rings. The fourth-order valence-electron chi connectivity index (χ4n) is 1.08. The van der Waals surface area contributed by atoms with E-state index in [-0.39, 0.29) is 0 Å². The smallest absolute Gasteiger partial charge is 0.151 e. The van der Waals surface area contributed by atoms with E-state index in [1.807, 2.05) is 6.92 Å². The lowest BCUT2D eigenvalue weighted by Gasteiger charge is -2.22. The van der Waals surface area contributed by atoms with Crippen LogP contribution in [-0.4, -0.2) is 12.3 Å². The van der Waals surface area contributed by atoms with Crippen LogP contribution < -0.4 is 5.32 Å². The van der Waals surface area contributed by atoms with Gasteiger partial charge in [0, 0.05) is 6.04 Å². The fourth-order valence-corrected chi connectivity index (χ4v) is 1.08. The normalized spacial score (nSPS) is 39.8. The van der Waals surface area contributed by atoms with Crippen LogP contribution in [0.1, 0.15) is 26.2 Å². The molecule has 0 bridgehead atoms. The molecule has 0 saturated carbocycles. The van der Waals surface area contributed by atoms with Crippen LogP contribution in [0, 0.1) is 0 Å². The standard InChI is InChI=1S/C6H12FN/c1-5-3-2-4-6(7)8-5/h5-6,8H,2-4H2,1H3. The van der Waals surface area contributed by atoms with Gasteiger partial charge in [-0.3, -0.25) is 5.32 Å².